The molecule has 0 bridgehead atoms. The van der Waals surface area contributed by atoms with Crippen molar-refractivity contribution < 1.29 is 14.4 Å². The van der Waals surface area contributed by atoms with Crippen molar-refractivity contribution >= 4 is 0 Å². The average Bonchev–Trinajstić information content (AvgIpc) is 2.78. The van der Waals surface area contributed by atoms with Crippen LogP contribution in [-0.4, -0.2) is 34.6 Å². The lowest BCUT2D eigenvalue weighted by Gasteiger charge is -2.18. The molecule has 0 radical (unpaired) electrons. The predicted molar refractivity (Wildman–Crippen MR) is 57.2 cm³/mol. The molecule has 2 rings (SSSR count). The van der Waals surface area contributed by atoms with Crippen LogP contribution in [0.5, 0.6) is 0 Å². The Bertz CT molecular complexity index is 332. The third kappa shape index (κ3) is 2.41. The summed E-state index contributed by atoms with van der Waals surface area (Å²) in [6, 6.07) is 0. The highest BCUT2D eigenvalue weighted by atomic mass is 16.5. The molecule has 0 saturated carbocycles. The van der Waals surface area contributed by atoms with Gasteiger partial charge in [0.05, 0.1) is 12.0 Å². The topological polar surface area (TPSA) is 68.4 Å². The predicted octanol–water partition coefficient (Wildman–Crippen LogP) is 1.45. The van der Waals surface area contributed by atoms with Gasteiger partial charge in [-0.15, -0.1) is 0 Å². The smallest absolute Gasteiger partial charge is 0.232 e. The fourth-order valence-electron chi connectivity index (χ4n) is 1.76. The van der Waals surface area contributed by atoms with Crippen molar-refractivity contribution in [3.63, 3.8) is 0 Å². The molecule has 1 aliphatic rings. The average molecular weight is 226 g/mol. The van der Waals surface area contributed by atoms with Crippen LogP contribution in [-0.2, 0) is 4.74 Å². The Balaban J connectivity index is 2.06. The highest BCUT2D eigenvalue weighted by Gasteiger charge is 2.24. The standard InChI is InChI=1S/C11H18N2O3/c1-7(8(2)14)11-12-10(13-16-11)9-3-5-15-6-4-9/h7-9,14H,3-6H2,1-2H3. The number of hydrogen-bond acceptors (Lipinski definition) is 5. The first kappa shape index (κ1) is 11.5. The number of aromatic nitrogens is 2. The van der Waals surface area contributed by atoms with E-state index in [1.54, 1.807) is 6.92 Å². The van der Waals surface area contributed by atoms with E-state index in [0.29, 0.717) is 11.8 Å². The van der Waals surface area contributed by atoms with Crippen molar-refractivity contribution in [1.29, 1.82) is 0 Å². The van der Waals surface area contributed by atoms with Gasteiger partial charge in [0.1, 0.15) is 0 Å². The van der Waals surface area contributed by atoms with E-state index >= 15 is 0 Å². The molecule has 0 aliphatic carbocycles. The molecule has 1 N–H and O–H groups in total. The van der Waals surface area contributed by atoms with Gasteiger partial charge in [-0.25, -0.2) is 0 Å². The Kier molecular flexibility index (Phi) is 3.56. The molecule has 0 spiro atoms. The maximum absolute atomic E-state index is 9.45. The highest BCUT2D eigenvalue weighted by Crippen LogP contribution is 2.26. The van der Waals surface area contributed by atoms with Crippen molar-refractivity contribution in [3.05, 3.63) is 11.7 Å². The van der Waals surface area contributed by atoms with E-state index in [-0.39, 0.29) is 5.92 Å². The molecule has 1 fully saturated rings. The minimum absolute atomic E-state index is 0.110. The van der Waals surface area contributed by atoms with E-state index in [0.717, 1.165) is 31.9 Å². The molecule has 5 heteroatoms. The zero-order valence-electron chi connectivity index (χ0n) is 9.72. The van der Waals surface area contributed by atoms with E-state index in [4.69, 9.17) is 9.26 Å². The van der Waals surface area contributed by atoms with Crippen LogP contribution in [0, 0.1) is 0 Å². The first-order valence-corrected chi connectivity index (χ1v) is 5.77. The summed E-state index contributed by atoms with van der Waals surface area (Å²) in [7, 11) is 0. The molecule has 2 atom stereocenters. The van der Waals surface area contributed by atoms with E-state index < -0.39 is 6.10 Å². The Labute approximate surface area is 94.8 Å². The van der Waals surface area contributed by atoms with Gasteiger partial charge in [0.25, 0.3) is 0 Å². The van der Waals surface area contributed by atoms with Crippen LogP contribution in [0.15, 0.2) is 4.52 Å². The van der Waals surface area contributed by atoms with Gasteiger partial charge >= 0.3 is 0 Å². The summed E-state index contributed by atoms with van der Waals surface area (Å²) in [6.07, 6.45) is 1.42. The third-order valence-electron chi connectivity index (χ3n) is 3.16. The van der Waals surface area contributed by atoms with Crippen LogP contribution in [0.25, 0.3) is 0 Å². The SMILES string of the molecule is CC(O)C(C)c1nc(C2CCOCC2)no1. The zero-order valence-corrected chi connectivity index (χ0v) is 9.72. The zero-order chi connectivity index (χ0) is 11.5. The van der Waals surface area contributed by atoms with Crippen molar-refractivity contribution in [1.82, 2.24) is 10.1 Å². The number of hydrogen-bond donors (Lipinski definition) is 1. The van der Waals surface area contributed by atoms with E-state index in [1.807, 2.05) is 6.92 Å². The molecular formula is C11H18N2O3. The Hall–Kier alpha value is -0.940. The molecule has 5 nitrogen and oxygen atoms in total. The van der Waals surface area contributed by atoms with Gasteiger partial charge in [0.2, 0.25) is 5.89 Å². The number of aliphatic hydroxyl groups is 1. The highest BCUT2D eigenvalue weighted by molar-refractivity contribution is 5.00. The molecule has 16 heavy (non-hydrogen) atoms. The van der Waals surface area contributed by atoms with Gasteiger partial charge in [0.15, 0.2) is 5.82 Å². The summed E-state index contributed by atoms with van der Waals surface area (Å²) in [4.78, 5) is 4.36. The second-order valence-corrected chi connectivity index (χ2v) is 4.41. The van der Waals surface area contributed by atoms with Crippen LogP contribution >= 0.6 is 0 Å². The third-order valence-corrected chi connectivity index (χ3v) is 3.16. The second-order valence-electron chi connectivity index (χ2n) is 4.41. The number of aliphatic hydroxyl groups excluding tert-OH is 1. The Morgan fingerprint density at radius 1 is 1.31 bits per heavy atom. The van der Waals surface area contributed by atoms with Gasteiger partial charge in [0, 0.05) is 19.1 Å². The van der Waals surface area contributed by atoms with Crippen molar-refractivity contribution in [2.45, 2.75) is 44.6 Å². The first-order chi connectivity index (χ1) is 7.68. The largest absolute Gasteiger partial charge is 0.393 e. The van der Waals surface area contributed by atoms with Gasteiger partial charge in [-0.2, -0.15) is 4.98 Å². The van der Waals surface area contributed by atoms with Crippen LogP contribution in [0.2, 0.25) is 0 Å². The fraction of sp³-hybridized carbons (Fsp3) is 0.818. The summed E-state index contributed by atoms with van der Waals surface area (Å²) in [6.45, 7) is 5.13. The molecule has 0 aromatic carbocycles. The van der Waals surface area contributed by atoms with E-state index in [2.05, 4.69) is 10.1 Å². The lowest BCUT2D eigenvalue weighted by atomic mass is 10.00. The number of nitrogens with zero attached hydrogens (tertiary/aromatic N) is 2. The normalized spacial score (nSPS) is 21.9. The Morgan fingerprint density at radius 2 is 2.00 bits per heavy atom. The number of rotatable bonds is 3. The molecule has 1 saturated heterocycles. The van der Waals surface area contributed by atoms with E-state index in [9.17, 15) is 5.11 Å². The molecular weight excluding hydrogens is 208 g/mol. The molecule has 1 aliphatic heterocycles. The van der Waals surface area contributed by atoms with Gasteiger partial charge < -0.3 is 14.4 Å². The molecule has 1 aromatic heterocycles. The summed E-state index contributed by atoms with van der Waals surface area (Å²) in [5, 5.41) is 13.4. The van der Waals surface area contributed by atoms with Crippen LogP contribution in [0.3, 0.4) is 0 Å². The van der Waals surface area contributed by atoms with Crippen molar-refractivity contribution in [3.8, 4) is 0 Å². The maximum atomic E-state index is 9.45. The van der Waals surface area contributed by atoms with Crippen LogP contribution in [0.1, 0.15) is 50.2 Å². The van der Waals surface area contributed by atoms with Gasteiger partial charge in [-0.05, 0) is 19.8 Å². The summed E-state index contributed by atoms with van der Waals surface area (Å²) < 4.78 is 10.5. The lowest BCUT2D eigenvalue weighted by Crippen LogP contribution is -2.15. The minimum atomic E-state index is -0.469. The van der Waals surface area contributed by atoms with Gasteiger partial charge in [-0.1, -0.05) is 12.1 Å². The lowest BCUT2D eigenvalue weighted by molar-refractivity contribution is 0.0830. The van der Waals surface area contributed by atoms with Gasteiger partial charge in [-0.3, -0.25) is 0 Å². The summed E-state index contributed by atoms with van der Waals surface area (Å²) >= 11 is 0. The molecule has 0 amide bonds. The van der Waals surface area contributed by atoms with Crippen LogP contribution in [0.4, 0.5) is 0 Å². The molecule has 1 aromatic rings. The van der Waals surface area contributed by atoms with Crippen molar-refractivity contribution in [2.75, 3.05) is 13.2 Å². The minimum Gasteiger partial charge on any atom is -0.393 e. The summed E-state index contributed by atoms with van der Waals surface area (Å²) in [5.41, 5.74) is 0. The summed E-state index contributed by atoms with van der Waals surface area (Å²) in [5.74, 6) is 1.51. The molecule has 90 valence electrons. The Morgan fingerprint density at radius 3 is 2.62 bits per heavy atom. The van der Waals surface area contributed by atoms with Crippen LogP contribution < -0.4 is 0 Å². The van der Waals surface area contributed by atoms with E-state index in [1.165, 1.54) is 0 Å². The number of ether oxygens (including phenoxy) is 1. The monoisotopic (exact) mass is 226 g/mol. The molecule has 2 heterocycles. The quantitative estimate of drug-likeness (QED) is 0.844. The maximum Gasteiger partial charge on any atom is 0.232 e. The molecule has 2 unspecified atom stereocenters. The second kappa shape index (κ2) is 4.93. The van der Waals surface area contributed by atoms with Crippen molar-refractivity contribution in [2.24, 2.45) is 0 Å². The fourth-order valence-corrected chi connectivity index (χ4v) is 1.76. The first-order valence-electron chi connectivity index (χ1n) is 5.77.